The maximum absolute atomic E-state index is 13.2. The Balaban J connectivity index is 1.36. The summed E-state index contributed by atoms with van der Waals surface area (Å²) in [6.07, 6.45) is 7.08. The molecule has 4 aliphatic rings. The maximum Gasteiger partial charge on any atom is 0.306 e. The van der Waals surface area contributed by atoms with E-state index in [1.165, 1.54) is 25.3 Å². The third kappa shape index (κ3) is 3.45. The Hall–Kier alpha value is -1.30. The first kappa shape index (κ1) is 18.1. The van der Waals surface area contributed by atoms with Crippen LogP contribution in [0.1, 0.15) is 55.3 Å². The number of Topliss-reactive ketones (excluding diaryl/α,β-unsaturated/α-hetero) is 1. The highest BCUT2D eigenvalue weighted by Gasteiger charge is 2.57. The predicted molar refractivity (Wildman–Crippen MR) is 95.0 cm³/mol. The Kier molecular flexibility index (Phi) is 4.45. The molecule has 6 heteroatoms. The minimum absolute atomic E-state index is 0.00548. The summed E-state index contributed by atoms with van der Waals surface area (Å²) >= 11 is 3.92. The third-order valence-corrected chi connectivity index (χ3v) is 7.16. The lowest BCUT2D eigenvalue weighted by molar-refractivity contribution is -0.149. The van der Waals surface area contributed by atoms with Gasteiger partial charge in [0.15, 0.2) is 24.0 Å². The van der Waals surface area contributed by atoms with Gasteiger partial charge in [-0.05, 0) is 74.0 Å². The molecule has 0 saturated heterocycles. The highest BCUT2D eigenvalue weighted by Crippen LogP contribution is 2.65. The van der Waals surface area contributed by atoms with E-state index in [0.29, 0.717) is 18.3 Å². The second kappa shape index (κ2) is 6.39. The maximum atomic E-state index is 13.2. The van der Waals surface area contributed by atoms with Crippen molar-refractivity contribution < 1.29 is 23.1 Å². The standard InChI is InChI=1S/C20H21BrF2O3/c21-20-7-12-3-13(8-20)6-19(5-12,11-20)9-18(25)26-10-17(24)14-1-2-15(22)16(23)4-14/h1-2,4,12-13H,3,5-11H2/t12-,13+,19?,20?. The van der Waals surface area contributed by atoms with Crippen molar-refractivity contribution in [3.8, 4) is 0 Å². The van der Waals surface area contributed by atoms with Crippen LogP contribution in [0.15, 0.2) is 18.2 Å². The fraction of sp³-hybridized carbons (Fsp3) is 0.600. The molecule has 26 heavy (non-hydrogen) atoms. The minimum Gasteiger partial charge on any atom is -0.457 e. The molecule has 4 aliphatic carbocycles. The normalized spacial score (nSPS) is 34.7. The second-order valence-electron chi connectivity index (χ2n) is 8.50. The van der Waals surface area contributed by atoms with Gasteiger partial charge in [0.05, 0.1) is 6.42 Å². The summed E-state index contributed by atoms with van der Waals surface area (Å²) in [5.41, 5.74) is -0.0127. The van der Waals surface area contributed by atoms with Gasteiger partial charge < -0.3 is 4.74 Å². The molecule has 3 nitrogen and oxygen atoms in total. The number of alkyl halides is 1. The van der Waals surface area contributed by atoms with Crippen molar-refractivity contribution in [2.45, 2.75) is 49.3 Å². The first-order valence-electron chi connectivity index (χ1n) is 9.09. The van der Waals surface area contributed by atoms with Gasteiger partial charge in [-0.15, -0.1) is 0 Å². The Labute approximate surface area is 159 Å². The number of ether oxygens (including phenoxy) is 1. The topological polar surface area (TPSA) is 43.4 Å². The Bertz CT molecular complexity index is 749. The van der Waals surface area contributed by atoms with E-state index >= 15 is 0 Å². The van der Waals surface area contributed by atoms with Crippen LogP contribution in [0, 0.1) is 28.9 Å². The number of hydrogen-bond acceptors (Lipinski definition) is 3. The molecule has 2 unspecified atom stereocenters. The highest BCUT2D eigenvalue weighted by atomic mass is 79.9. The molecule has 1 aromatic rings. The lowest BCUT2D eigenvalue weighted by Crippen LogP contribution is -2.53. The molecule has 1 aromatic carbocycles. The number of rotatable bonds is 5. The number of carbonyl (C=O) groups is 2. The molecule has 0 N–H and O–H groups in total. The van der Waals surface area contributed by atoms with E-state index < -0.39 is 24.0 Å². The van der Waals surface area contributed by atoms with Crippen LogP contribution in [-0.4, -0.2) is 22.7 Å². The van der Waals surface area contributed by atoms with Crippen molar-refractivity contribution in [3.05, 3.63) is 35.4 Å². The molecule has 0 amide bonds. The predicted octanol–water partition coefficient (Wildman–Crippen LogP) is 4.81. The molecule has 4 fully saturated rings. The number of halogens is 3. The minimum atomic E-state index is -1.08. The third-order valence-electron chi connectivity index (χ3n) is 6.24. The Morgan fingerprint density at radius 2 is 1.81 bits per heavy atom. The van der Waals surface area contributed by atoms with E-state index in [1.807, 2.05) is 0 Å². The first-order chi connectivity index (χ1) is 12.3. The molecule has 140 valence electrons. The molecule has 0 aliphatic heterocycles. The summed E-state index contributed by atoms with van der Waals surface area (Å²) in [5.74, 6) is -1.65. The van der Waals surface area contributed by atoms with E-state index in [-0.39, 0.29) is 21.3 Å². The number of carbonyl (C=O) groups excluding carboxylic acids is 2. The summed E-state index contributed by atoms with van der Waals surface area (Å²) in [6.45, 7) is -0.438. The Morgan fingerprint density at radius 3 is 2.42 bits per heavy atom. The van der Waals surface area contributed by atoms with Crippen LogP contribution in [-0.2, 0) is 9.53 Å². The average molecular weight is 427 g/mol. The van der Waals surface area contributed by atoms with Gasteiger partial charge in [-0.3, -0.25) is 9.59 Å². The van der Waals surface area contributed by atoms with Gasteiger partial charge >= 0.3 is 5.97 Å². The molecule has 5 rings (SSSR count). The van der Waals surface area contributed by atoms with Gasteiger partial charge in [-0.2, -0.15) is 0 Å². The van der Waals surface area contributed by atoms with E-state index in [4.69, 9.17) is 4.74 Å². The summed E-state index contributed by atoms with van der Waals surface area (Å²) in [6, 6.07) is 2.93. The number of benzene rings is 1. The summed E-state index contributed by atoms with van der Waals surface area (Å²) < 4.78 is 31.5. The van der Waals surface area contributed by atoms with Gasteiger partial charge in [-0.25, -0.2) is 8.78 Å². The lowest BCUT2D eigenvalue weighted by Gasteiger charge is -2.60. The monoisotopic (exact) mass is 426 g/mol. The van der Waals surface area contributed by atoms with Gasteiger partial charge in [-0.1, -0.05) is 15.9 Å². The molecule has 0 heterocycles. The molecule has 0 radical (unpaired) electrons. The summed E-state index contributed by atoms with van der Waals surface area (Å²) in [7, 11) is 0. The first-order valence-corrected chi connectivity index (χ1v) is 9.88. The Morgan fingerprint density at radius 1 is 1.12 bits per heavy atom. The van der Waals surface area contributed by atoms with Crippen molar-refractivity contribution in [1.29, 1.82) is 0 Å². The van der Waals surface area contributed by atoms with Crippen molar-refractivity contribution in [2.75, 3.05) is 6.61 Å². The molecule has 4 saturated carbocycles. The van der Waals surface area contributed by atoms with Crippen molar-refractivity contribution >= 4 is 27.7 Å². The number of esters is 1. The van der Waals surface area contributed by atoms with E-state index in [9.17, 15) is 18.4 Å². The molecule has 4 bridgehead atoms. The van der Waals surface area contributed by atoms with E-state index in [1.54, 1.807) is 0 Å². The molecule has 0 spiro atoms. The van der Waals surface area contributed by atoms with Crippen LogP contribution < -0.4 is 0 Å². The highest BCUT2D eigenvalue weighted by molar-refractivity contribution is 9.10. The smallest absolute Gasteiger partial charge is 0.306 e. The van der Waals surface area contributed by atoms with Crippen LogP contribution in [0.4, 0.5) is 8.78 Å². The summed E-state index contributed by atoms with van der Waals surface area (Å²) in [4.78, 5) is 24.4. The van der Waals surface area contributed by atoms with Crippen LogP contribution in [0.3, 0.4) is 0 Å². The zero-order valence-electron chi connectivity index (χ0n) is 14.4. The SMILES string of the molecule is O=C(CC12C[C@@H]3C[C@@H](CC(Br)(C3)C1)C2)OCC(=O)c1ccc(F)c(F)c1. The average Bonchev–Trinajstić information content (AvgIpc) is 2.52. The van der Waals surface area contributed by atoms with Gasteiger partial charge in [0.1, 0.15) is 0 Å². The van der Waals surface area contributed by atoms with Crippen molar-refractivity contribution in [2.24, 2.45) is 17.3 Å². The van der Waals surface area contributed by atoms with Gasteiger partial charge in [0.2, 0.25) is 0 Å². The molecular weight excluding hydrogens is 406 g/mol. The molecular formula is C20H21BrF2O3. The fourth-order valence-electron chi connectivity index (χ4n) is 5.80. The number of hydrogen-bond donors (Lipinski definition) is 0. The molecule has 4 atom stereocenters. The van der Waals surface area contributed by atoms with E-state index in [0.717, 1.165) is 31.4 Å². The number of ketones is 1. The second-order valence-corrected chi connectivity index (χ2v) is 10.2. The fourth-order valence-corrected chi connectivity index (χ4v) is 7.31. The van der Waals surface area contributed by atoms with Crippen LogP contribution in [0.5, 0.6) is 0 Å². The lowest BCUT2D eigenvalue weighted by atomic mass is 9.49. The summed E-state index contributed by atoms with van der Waals surface area (Å²) in [5, 5.41) is 0. The quantitative estimate of drug-likeness (QED) is 0.385. The van der Waals surface area contributed by atoms with Crippen molar-refractivity contribution in [1.82, 2.24) is 0 Å². The zero-order valence-corrected chi connectivity index (χ0v) is 16.0. The molecule has 0 aromatic heterocycles. The van der Waals surface area contributed by atoms with Crippen LogP contribution in [0.2, 0.25) is 0 Å². The van der Waals surface area contributed by atoms with Gasteiger partial charge in [0.25, 0.3) is 0 Å². The van der Waals surface area contributed by atoms with Gasteiger partial charge in [0, 0.05) is 9.89 Å². The van der Waals surface area contributed by atoms with Crippen LogP contribution >= 0.6 is 15.9 Å². The van der Waals surface area contributed by atoms with E-state index in [2.05, 4.69) is 15.9 Å². The van der Waals surface area contributed by atoms with Crippen molar-refractivity contribution in [3.63, 3.8) is 0 Å². The van der Waals surface area contributed by atoms with Crippen LogP contribution in [0.25, 0.3) is 0 Å². The largest absolute Gasteiger partial charge is 0.457 e. The zero-order chi connectivity index (χ0) is 18.5.